The maximum Gasteiger partial charge on any atom is 0.305 e. The first-order valence-corrected chi connectivity index (χ1v) is 7.75. The summed E-state index contributed by atoms with van der Waals surface area (Å²) in [4.78, 5) is 23.5. The third-order valence-electron chi connectivity index (χ3n) is 4.22. The van der Waals surface area contributed by atoms with Crippen LogP contribution in [0.3, 0.4) is 0 Å². The molecule has 2 aromatic rings. The highest BCUT2D eigenvalue weighted by atomic mass is 16.4. The van der Waals surface area contributed by atoms with Crippen molar-refractivity contribution in [2.45, 2.75) is 39.7 Å². The summed E-state index contributed by atoms with van der Waals surface area (Å²) in [5.74, 6) is -1.45. The Morgan fingerprint density at radius 2 is 1.92 bits per heavy atom. The molecule has 0 saturated heterocycles. The van der Waals surface area contributed by atoms with Crippen LogP contribution >= 0.6 is 0 Å². The Morgan fingerprint density at radius 1 is 1.29 bits per heavy atom. The van der Waals surface area contributed by atoms with Gasteiger partial charge in [-0.05, 0) is 31.9 Å². The van der Waals surface area contributed by atoms with Crippen molar-refractivity contribution in [3.05, 3.63) is 41.7 Å². The van der Waals surface area contributed by atoms with Gasteiger partial charge in [-0.3, -0.25) is 9.59 Å². The molecule has 24 heavy (non-hydrogen) atoms. The van der Waals surface area contributed by atoms with Gasteiger partial charge >= 0.3 is 5.97 Å². The van der Waals surface area contributed by atoms with Gasteiger partial charge in [0, 0.05) is 0 Å². The minimum atomic E-state index is -0.963. The number of aryl methyl sites for hydroxylation is 1. The summed E-state index contributed by atoms with van der Waals surface area (Å²) < 4.78 is 1.51. The summed E-state index contributed by atoms with van der Waals surface area (Å²) in [5.41, 5.74) is 1.20. The van der Waals surface area contributed by atoms with E-state index in [0.717, 1.165) is 11.3 Å². The summed E-state index contributed by atoms with van der Waals surface area (Å²) in [6, 6.07) is 7.65. The van der Waals surface area contributed by atoms with E-state index in [-0.39, 0.29) is 18.0 Å². The van der Waals surface area contributed by atoms with Crippen molar-refractivity contribution < 1.29 is 14.7 Å². The zero-order valence-corrected chi connectivity index (χ0v) is 14.3. The first-order chi connectivity index (χ1) is 11.2. The van der Waals surface area contributed by atoms with Crippen LogP contribution in [-0.4, -0.2) is 37.5 Å². The summed E-state index contributed by atoms with van der Waals surface area (Å²) >= 11 is 0. The van der Waals surface area contributed by atoms with Crippen molar-refractivity contribution >= 4 is 11.9 Å². The van der Waals surface area contributed by atoms with E-state index in [2.05, 4.69) is 15.6 Å². The SMILES string of the molecule is Cc1ccc(-n2cc(C(=O)NC(C)(CC(=O)O)C(C)C)nn2)cc1. The number of carboxylic acids is 1. The van der Waals surface area contributed by atoms with Crippen LogP contribution in [0.25, 0.3) is 5.69 Å². The molecule has 7 nitrogen and oxygen atoms in total. The van der Waals surface area contributed by atoms with E-state index in [4.69, 9.17) is 5.11 Å². The third kappa shape index (κ3) is 3.98. The van der Waals surface area contributed by atoms with Crippen molar-refractivity contribution in [1.82, 2.24) is 20.3 Å². The zero-order chi connectivity index (χ0) is 17.9. The molecule has 1 aromatic heterocycles. The van der Waals surface area contributed by atoms with Gasteiger partial charge in [0.1, 0.15) is 0 Å². The molecule has 1 aromatic carbocycles. The predicted octanol–water partition coefficient (Wildman–Crippen LogP) is 2.19. The molecule has 0 aliphatic heterocycles. The molecule has 1 heterocycles. The lowest BCUT2D eigenvalue weighted by Crippen LogP contribution is -2.51. The van der Waals surface area contributed by atoms with Crippen molar-refractivity contribution in [1.29, 1.82) is 0 Å². The fourth-order valence-electron chi connectivity index (χ4n) is 2.22. The van der Waals surface area contributed by atoms with Gasteiger partial charge in [0.25, 0.3) is 5.91 Å². The molecule has 0 bridgehead atoms. The van der Waals surface area contributed by atoms with E-state index in [1.165, 1.54) is 10.9 Å². The number of carboxylic acid groups (broad SMARTS) is 1. The number of carbonyl (C=O) groups is 2. The highest BCUT2D eigenvalue weighted by molar-refractivity contribution is 5.92. The first-order valence-electron chi connectivity index (χ1n) is 7.75. The normalized spacial score (nSPS) is 13.5. The topological polar surface area (TPSA) is 97.1 Å². The fourth-order valence-corrected chi connectivity index (χ4v) is 2.22. The van der Waals surface area contributed by atoms with E-state index in [9.17, 15) is 9.59 Å². The molecule has 7 heteroatoms. The van der Waals surface area contributed by atoms with Crippen LogP contribution in [0.5, 0.6) is 0 Å². The molecule has 0 aliphatic rings. The summed E-state index contributed by atoms with van der Waals surface area (Å²) in [7, 11) is 0. The predicted molar refractivity (Wildman–Crippen MR) is 89.1 cm³/mol. The number of rotatable bonds is 6. The Bertz CT molecular complexity index is 737. The van der Waals surface area contributed by atoms with Crippen LogP contribution in [0.2, 0.25) is 0 Å². The zero-order valence-electron chi connectivity index (χ0n) is 14.3. The quantitative estimate of drug-likeness (QED) is 0.846. The second kappa shape index (κ2) is 6.82. The van der Waals surface area contributed by atoms with Gasteiger partial charge < -0.3 is 10.4 Å². The Hall–Kier alpha value is -2.70. The number of aliphatic carboxylic acids is 1. The number of benzene rings is 1. The van der Waals surface area contributed by atoms with Crippen molar-refractivity contribution in [2.24, 2.45) is 5.92 Å². The fraction of sp³-hybridized carbons (Fsp3) is 0.412. The number of amides is 1. The molecular weight excluding hydrogens is 308 g/mol. The van der Waals surface area contributed by atoms with Crippen LogP contribution in [-0.2, 0) is 4.79 Å². The largest absolute Gasteiger partial charge is 0.481 e. The highest BCUT2D eigenvalue weighted by Gasteiger charge is 2.33. The van der Waals surface area contributed by atoms with Crippen LogP contribution in [0.4, 0.5) is 0 Å². The van der Waals surface area contributed by atoms with Gasteiger partial charge in [-0.2, -0.15) is 0 Å². The second-order valence-electron chi connectivity index (χ2n) is 6.48. The molecule has 0 fully saturated rings. The second-order valence-corrected chi connectivity index (χ2v) is 6.48. The molecule has 2 N–H and O–H groups in total. The number of hydrogen-bond acceptors (Lipinski definition) is 4. The number of carbonyl (C=O) groups excluding carboxylic acids is 1. The lowest BCUT2D eigenvalue weighted by molar-refractivity contribution is -0.138. The molecule has 1 atom stereocenters. The van der Waals surface area contributed by atoms with E-state index in [0.29, 0.717) is 0 Å². The van der Waals surface area contributed by atoms with Crippen LogP contribution in [0.1, 0.15) is 43.2 Å². The number of nitrogens with one attached hydrogen (secondary N) is 1. The Morgan fingerprint density at radius 3 is 2.46 bits per heavy atom. The maximum atomic E-state index is 12.4. The monoisotopic (exact) mass is 330 g/mol. The molecule has 0 aliphatic carbocycles. The lowest BCUT2D eigenvalue weighted by Gasteiger charge is -2.33. The van der Waals surface area contributed by atoms with Crippen molar-refractivity contribution in [3.8, 4) is 5.69 Å². The van der Waals surface area contributed by atoms with Crippen LogP contribution < -0.4 is 5.32 Å². The minimum Gasteiger partial charge on any atom is -0.481 e. The number of aromatic nitrogens is 3. The third-order valence-corrected chi connectivity index (χ3v) is 4.22. The van der Waals surface area contributed by atoms with E-state index in [1.807, 2.05) is 45.0 Å². The van der Waals surface area contributed by atoms with E-state index in [1.54, 1.807) is 6.92 Å². The van der Waals surface area contributed by atoms with E-state index < -0.39 is 17.4 Å². The molecule has 1 unspecified atom stereocenters. The minimum absolute atomic E-state index is 0.0512. The smallest absolute Gasteiger partial charge is 0.305 e. The van der Waals surface area contributed by atoms with Gasteiger partial charge in [-0.1, -0.05) is 36.8 Å². The first kappa shape index (κ1) is 17.7. The molecule has 1 amide bonds. The van der Waals surface area contributed by atoms with Crippen molar-refractivity contribution in [3.63, 3.8) is 0 Å². The molecule has 0 saturated carbocycles. The van der Waals surface area contributed by atoms with Crippen molar-refractivity contribution in [2.75, 3.05) is 0 Å². The molecule has 0 radical (unpaired) electrons. The average molecular weight is 330 g/mol. The van der Waals surface area contributed by atoms with Gasteiger partial charge in [0.15, 0.2) is 5.69 Å². The van der Waals surface area contributed by atoms with Gasteiger partial charge in [0.05, 0.1) is 23.8 Å². The van der Waals surface area contributed by atoms with Crippen LogP contribution in [0, 0.1) is 12.8 Å². The van der Waals surface area contributed by atoms with E-state index >= 15 is 0 Å². The highest BCUT2D eigenvalue weighted by Crippen LogP contribution is 2.21. The Balaban J connectivity index is 2.18. The number of hydrogen-bond donors (Lipinski definition) is 2. The van der Waals surface area contributed by atoms with Gasteiger partial charge in [-0.15, -0.1) is 5.10 Å². The molecule has 2 rings (SSSR count). The standard InChI is InChI=1S/C17H22N4O3/c1-11(2)17(4,9-15(22)23)18-16(24)14-10-21(20-19-14)13-7-5-12(3)6-8-13/h5-8,10-11H,9H2,1-4H3,(H,18,24)(H,22,23). The Kier molecular flexibility index (Phi) is 5.02. The lowest BCUT2D eigenvalue weighted by atomic mass is 9.85. The maximum absolute atomic E-state index is 12.4. The molecular formula is C17H22N4O3. The molecule has 128 valence electrons. The number of nitrogens with zero attached hydrogens (tertiary/aromatic N) is 3. The average Bonchev–Trinajstić information content (AvgIpc) is 2.96. The van der Waals surface area contributed by atoms with Crippen LogP contribution in [0.15, 0.2) is 30.5 Å². The van der Waals surface area contributed by atoms with Gasteiger partial charge in [-0.25, -0.2) is 4.68 Å². The Labute approximate surface area is 140 Å². The molecule has 0 spiro atoms. The summed E-state index contributed by atoms with van der Waals surface area (Å²) in [6.45, 7) is 7.44. The summed E-state index contributed by atoms with van der Waals surface area (Å²) in [6.07, 6.45) is 1.37. The van der Waals surface area contributed by atoms with Gasteiger partial charge in [0.2, 0.25) is 0 Å². The summed E-state index contributed by atoms with van der Waals surface area (Å²) in [5, 5.41) is 19.7.